The zero-order valence-corrected chi connectivity index (χ0v) is 18.7. The first-order chi connectivity index (χ1) is 16.0. The van der Waals surface area contributed by atoms with Gasteiger partial charge in [-0.05, 0) is 48.0 Å². The minimum Gasteiger partial charge on any atom is -0.441 e. The maximum Gasteiger partial charge on any atom is 0.220 e. The number of hydrogen-bond donors (Lipinski definition) is 1. The lowest BCUT2D eigenvalue weighted by Crippen LogP contribution is -2.23. The van der Waals surface area contributed by atoms with E-state index in [1.807, 2.05) is 0 Å². The van der Waals surface area contributed by atoms with Crippen molar-refractivity contribution in [1.29, 1.82) is 0 Å². The highest BCUT2D eigenvalue weighted by Gasteiger charge is 2.12. The fourth-order valence-electron chi connectivity index (χ4n) is 2.95. The second kappa shape index (κ2) is 10.5. The molecule has 1 N–H and O–H groups in total. The summed E-state index contributed by atoms with van der Waals surface area (Å²) in [5.41, 5.74) is 1.49. The van der Waals surface area contributed by atoms with Crippen LogP contribution in [0.3, 0.4) is 0 Å². The first kappa shape index (κ1) is 22.8. The molecule has 0 bridgehead atoms. The molecular weight excluding hydrogens is 468 g/mol. The van der Waals surface area contributed by atoms with E-state index in [-0.39, 0.29) is 18.1 Å². The molecule has 0 atom stereocenters. The molecule has 0 radical (unpaired) electrons. The van der Waals surface area contributed by atoms with E-state index < -0.39 is 0 Å². The molecule has 0 spiro atoms. The van der Waals surface area contributed by atoms with Crippen molar-refractivity contribution in [3.63, 3.8) is 0 Å². The number of oxazole rings is 1. The van der Waals surface area contributed by atoms with Crippen LogP contribution in [-0.4, -0.2) is 15.9 Å². The Morgan fingerprint density at radius 2 is 1.85 bits per heavy atom. The first-order valence-corrected chi connectivity index (χ1v) is 10.8. The Labute approximate surface area is 199 Å². The second-order valence-electron chi connectivity index (χ2n) is 7.08. The number of aromatic nitrogens is 2. The van der Waals surface area contributed by atoms with E-state index in [2.05, 4.69) is 15.3 Å². The maximum atomic E-state index is 13.0. The van der Waals surface area contributed by atoms with Gasteiger partial charge in [-0.15, -0.1) is 0 Å². The Kier molecular flexibility index (Phi) is 7.22. The van der Waals surface area contributed by atoms with E-state index in [0.29, 0.717) is 51.9 Å². The number of aryl methyl sites for hydroxylation is 1. The number of carbonyl (C=O) groups is 1. The summed E-state index contributed by atoms with van der Waals surface area (Å²) < 4.78 is 24.2. The van der Waals surface area contributed by atoms with E-state index in [9.17, 15) is 9.18 Å². The first-order valence-electron chi connectivity index (χ1n) is 10.0. The van der Waals surface area contributed by atoms with Gasteiger partial charge in [-0.3, -0.25) is 4.79 Å². The Balaban J connectivity index is 1.24. The summed E-state index contributed by atoms with van der Waals surface area (Å²) in [5.74, 6) is 1.33. The lowest BCUT2D eigenvalue weighted by Gasteiger charge is -2.07. The number of rotatable bonds is 8. The molecule has 0 aliphatic carbocycles. The highest BCUT2D eigenvalue weighted by atomic mass is 35.5. The molecule has 1 amide bonds. The van der Waals surface area contributed by atoms with Crippen molar-refractivity contribution in [2.75, 3.05) is 0 Å². The minimum atomic E-state index is -0.337. The van der Waals surface area contributed by atoms with Crippen molar-refractivity contribution in [2.45, 2.75) is 19.4 Å². The average Bonchev–Trinajstić information content (AvgIpc) is 3.27. The Bertz CT molecular complexity index is 1240. The van der Waals surface area contributed by atoms with Gasteiger partial charge >= 0.3 is 0 Å². The number of ether oxygens (including phenoxy) is 1. The number of halogens is 3. The van der Waals surface area contributed by atoms with Gasteiger partial charge in [0.1, 0.15) is 11.6 Å². The number of amides is 1. The molecular formula is C24H18Cl2FN3O3. The largest absolute Gasteiger partial charge is 0.441 e. The van der Waals surface area contributed by atoms with Crippen molar-refractivity contribution < 1.29 is 18.3 Å². The van der Waals surface area contributed by atoms with Gasteiger partial charge in [-0.2, -0.15) is 0 Å². The number of nitrogens with one attached hydrogen (secondary N) is 1. The lowest BCUT2D eigenvalue weighted by molar-refractivity contribution is -0.121. The van der Waals surface area contributed by atoms with Crippen LogP contribution >= 0.6 is 23.2 Å². The third kappa shape index (κ3) is 6.31. The van der Waals surface area contributed by atoms with Gasteiger partial charge in [-0.25, -0.2) is 14.4 Å². The van der Waals surface area contributed by atoms with Gasteiger partial charge in [0.15, 0.2) is 11.7 Å². The second-order valence-corrected chi connectivity index (χ2v) is 7.92. The van der Waals surface area contributed by atoms with E-state index in [0.717, 1.165) is 5.56 Å². The van der Waals surface area contributed by atoms with Crippen molar-refractivity contribution in [3.05, 3.63) is 94.3 Å². The molecule has 0 unspecified atom stereocenters. The fourth-order valence-corrected chi connectivity index (χ4v) is 3.45. The van der Waals surface area contributed by atoms with Crippen molar-refractivity contribution >= 4 is 29.1 Å². The molecule has 4 rings (SSSR count). The summed E-state index contributed by atoms with van der Waals surface area (Å²) >= 11 is 12.1. The molecule has 0 saturated carbocycles. The Hall–Kier alpha value is -3.42. The number of hydrogen-bond acceptors (Lipinski definition) is 5. The highest BCUT2D eigenvalue weighted by molar-refractivity contribution is 6.36. The van der Waals surface area contributed by atoms with Gasteiger partial charge in [0.25, 0.3) is 0 Å². The van der Waals surface area contributed by atoms with Gasteiger partial charge < -0.3 is 14.5 Å². The van der Waals surface area contributed by atoms with Crippen LogP contribution in [0.25, 0.3) is 11.3 Å². The van der Waals surface area contributed by atoms with Crippen LogP contribution in [0.4, 0.5) is 4.39 Å². The van der Waals surface area contributed by atoms with Crippen LogP contribution in [0.15, 0.2) is 71.4 Å². The monoisotopic (exact) mass is 485 g/mol. The van der Waals surface area contributed by atoms with Gasteiger partial charge in [-0.1, -0.05) is 29.3 Å². The SMILES string of the molecule is O=C(CCc1ncc(-c2ccc(Cl)cc2Cl)o1)NCc1ccc(Oc2ccc(F)cc2)nc1. The molecule has 4 aromatic rings. The molecule has 0 aliphatic heterocycles. The van der Waals surface area contributed by atoms with Crippen molar-refractivity contribution in [2.24, 2.45) is 0 Å². The molecule has 0 aliphatic rings. The van der Waals surface area contributed by atoms with E-state index >= 15 is 0 Å². The molecule has 9 heteroatoms. The minimum absolute atomic E-state index is 0.147. The predicted molar refractivity (Wildman–Crippen MR) is 123 cm³/mol. The fraction of sp³-hybridized carbons (Fsp3) is 0.125. The summed E-state index contributed by atoms with van der Waals surface area (Å²) in [5, 5.41) is 3.83. The number of benzene rings is 2. The summed E-state index contributed by atoms with van der Waals surface area (Å²) in [6, 6.07) is 14.2. The van der Waals surface area contributed by atoms with Gasteiger partial charge in [0.2, 0.25) is 11.8 Å². The highest BCUT2D eigenvalue weighted by Crippen LogP contribution is 2.30. The standard InChI is InChI=1S/C24H18Cl2FN3O3/c25-16-2-7-19(20(26)11-16)21-14-30-24(33-21)10-8-22(31)28-12-15-1-9-23(29-13-15)32-18-5-3-17(27)4-6-18/h1-7,9,11,13-14H,8,10,12H2,(H,28,31). The third-order valence-corrected chi connectivity index (χ3v) is 5.19. The molecule has 0 fully saturated rings. The van der Waals surface area contributed by atoms with Crippen LogP contribution in [0.5, 0.6) is 11.6 Å². The normalized spacial score (nSPS) is 10.8. The Morgan fingerprint density at radius 1 is 1.03 bits per heavy atom. The zero-order valence-electron chi connectivity index (χ0n) is 17.2. The number of nitrogens with zero attached hydrogens (tertiary/aromatic N) is 2. The lowest BCUT2D eigenvalue weighted by atomic mass is 10.2. The van der Waals surface area contributed by atoms with Crippen LogP contribution in [-0.2, 0) is 17.8 Å². The summed E-state index contributed by atoms with van der Waals surface area (Å²) in [6.07, 6.45) is 3.74. The smallest absolute Gasteiger partial charge is 0.220 e. The van der Waals surface area contributed by atoms with Gasteiger partial charge in [0.05, 0.1) is 11.2 Å². The Morgan fingerprint density at radius 3 is 2.58 bits per heavy atom. The third-order valence-electron chi connectivity index (χ3n) is 4.64. The molecule has 33 heavy (non-hydrogen) atoms. The van der Waals surface area contributed by atoms with Crippen molar-refractivity contribution in [1.82, 2.24) is 15.3 Å². The van der Waals surface area contributed by atoms with E-state index in [1.54, 1.807) is 42.7 Å². The van der Waals surface area contributed by atoms with Crippen molar-refractivity contribution in [3.8, 4) is 23.0 Å². The van der Waals surface area contributed by atoms with Gasteiger partial charge in [0, 0.05) is 42.2 Å². The quantitative estimate of drug-likeness (QED) is 0.320. The molecule has 6 nitrogen and oxygen atoms in total. The zero-order chi connectivity index (χ0) is 23.2. The maximum absolute atomic E-state index is 13.0. The number of carbonyl (C=O) groups excluding carboxylic acids is 1. The predicted octanol–water partition coefficient (Wildman–Crippen LogP) is 6.22. The van der Waals surface area contributed by atoms with E-state index in [1.165, 1.54) is 24.3 Å². The van der Waals surface area contributed by atoms with Crippen LogP contribution < -0.4 is 10.1 Å². The summed E-state index contributed by atoms with van der Waals surface area (Å²) in [7, 11) is 0. The molecule has 2 aromatic carbocycles. The van der Waals surface area contributed by atoms with E-state index in [4.69, 9.17) is 32.4 Å². The average molecular weight is 486 g/mol. The molecule has 2 heterocycles. The van der Waals surface area contributed by atoms with Crippen LogP contribution in [0.1, 0.15) is 17.9 Å². The molecule has 168 valence electrons. The molecule has 2 aromatic heterocycles. The summed E-state index contributed by atoms with van der Waals surface area (Å²) in [4.78, 5) is 20.6. The number of pyridine rings is 1. The molecule has 0 saturated heterocycles. The topological polar surface area (TPSA) is 77.2 Å². The van der Waals surface area contributed by atoms with Crippen LogP contribution in [0, 0.1) is 5.82 Å². The summed E-state index contributed by atoms with van der Waals surface area (Å²) in [6.45, 7) is 0.319. The van der Waals surface area contributed by atoms with Crippen LogP contribution in [0.2, 0.25) is 10.0 Å².